The zero-order valence-electron chi connectivity index (χ0n) is 8.24. The Morgan fingerprint density at radius 1 is 1.33 bits per heavy atom. The molecule has 0 amide bonds. The maximum absolute atomic E-state index is 11.6. The van der Waals surface area contributed by atoms with E-state index in [1.807, 2.05) is 0 Å². The lowest BCUT2D eigenvalue weighted by Crippen LogP contribution is -2.36. The van der Waals surface area contributed by atoms with Gasteiger partial charge in [-0.1, -0.05) is 0 Å². The van der Waals surface area contributed by atoms with E-state index in [0.717, 1.165) is 4.57 Å². The van der Waals surface area contributed by atoms with Crippen molar-refractivity contribution >= 4 is 11.2 Å². The van der Waals surface area contributed by atoms with Gasteiger partial charge in [-0.2, -0.15) is 0 Å². The van der Waals surface area contributed by atoms with Crippen molar-refractivity contribution in [2.75, 3.05) is 0 Å². The van der Waals surface area contributed by atoms with E-state index in [1.54, 1.807) is 0 Å². The molecule has 0 saturated heterocycles. The number of aromatic nitrogens is 4. The number of hydrogen-bond donors (Lipinski definition) is 1. The van der Waals surface area contributed by atoms with Crippen molar-refractivity contribution in [2.45, 2.75) is 0 Å². The van der Waals surface area contributed by atoms with Gasteiger partial charge in [-0.05, 0) is 5.92 Å². The Hall–Kier alpha value is -2.29. The highest BCUT2D eigenvalue weighted by atomic mass is 16.2. The lowest BCUT2D eigenvalue weighted by molar-refractivity contribution is 0.708. The summed E-state index contributed by atoms with van der Waals surface area (Å²) in [5, 5.41) is 0. The molecule has 1 N–H and O–H groups in total. The van der Waals surface area contributed by atoms with Crippen molar-refractivity contribution < 1.29 is 0 Å². The van der Waals surface area contributed by atoms with E-state index < -0.39 is 11.2 Å². The van der Waals surface area contributed by atoms with Crippen molar-refractivity contribution in [2.24, 2.45) is 14.1 Å². The van der Waals surface area contributed by atoms with Gasteiger partial charge in [-0.3, -0.25) is 13.9 Å². The first kappa shape index (κ1) is 9.27. The van der Waals surface area contributed by atoms with Crippen molar-refractivity contribution in [1.29, 1.82) is 0 Å². The quantitative estimate of drug-likeness (QED) is 0.556. The summed E-state index contributed by atoms with van der Waals surface area (Å²) in [5.41, 5.74) is -0.340. The molecule has 0 aliphatic heterocycles. The fourth-order valence-electron chi connectivity index (χ4n) is 1.39. The van der Waals surface area contributed by atoms with Crippen LogP contribution >= 0.6 is 0 Å². The number of imidazole rings is 1. The third kappa shape index (κ3) is 1.10. The Morgan fingerprint density at radius 3 is 2.60 bits per heavy atom. The van der Waals surface area contributed by atoms with Gasteiger partial charge in [0.05, 0.1) is 0 Å². The van der Waals surface area contributed by atoms with Crippen molar-refractivity contribution in [3.05, 3.63) is 26.7 Å². The van der Waals surface area contributed by atoms with Gasteiger partial charge in [0.1, 0.15) is 0 Å². The summed E-state index contributed by atoms with van der Waals surface area (Å²) in [6.07, 6.45) is 5.15. The first-order valence-electron chi connectivity index (χ1n) is 4.18. The summed E-state index contributed by atoms with van der Waals surface area (Å²) in [6.45, 7) is 0. The molecule has 2 aromatic heterocycles. The molecule has 0 fully saturated rings. The predicted molar refractivity (Wildman–Crippen MR) is 54.5 cm³/mol. The summed E-state index contributed by atoms with van der Waals surface area (Å²) < 4.78 is 2.27. The summed E-state index contributed by atoms with van der Waals surface area (Å²) in [7, 11) is 2.94. The fourth-order valence-corrected chi connectivity index (χ4v) is 1.39. The third-order valence-corrected chi connectivity index (χ3v) is 2.23. The van der Waals surface area contributed by atoms with Crippen LogP contribution in [-0.4, -0.2) is 19.1 Å². The van der Waals surface area contributed by atoms with E-state index >= 15 is 0 Å². The summed E-state index contributed by atoms with van der Waals surface area (Å²) in [4.78, 5) is 29.8. The molecule has 0 unspecified atom stereocenters. The molecule has 0 aromatic carbocycles. The maximum Gasteiger partial charge on any atom is 0.332 e. The van der Waals surface area contributed by atoms with E-state index in [0.29, 0.717) is 0 Å². The molecular formula is C9H8N4O2. The number of nitrogens with one attached hydrogen (secondary N) is 1. The molecule has 0 aliphatic rings. The van der Waals surface area contributed by atoms with Crippen LogP contribution < -0.4 is 11.2 Å². The van der Waals surface area contributed by atoms with Crippen molar-refractivity contribution in [1.82, 2.24) is 19.1 Å². The number of aromatic amines is 1. The summed E-state index contributed by atoms with van der Waals surface area (Å²) >= 11 is 0. The van der Waals surface area contributed by atoms with Gasteiger partial charge in [-0.25, -0.2) is 9.78 Å². The van der Waals surface area contributed by atoms with Crippen LogP contribution in [0.2, 0.25) is 0 Å². The fraction of sp³-hybridized carbons (Fsp3) is 0.222. The number of fused-ring (bicyclic) bond motifs is 1. The van der Waals surface area contributed by atoms with Gasteiger partial charge in [0.15, 0.2) is 17.0 Å². The first-order chi connectivity index (χ1) is 7.06. The molecule has 0 atom stereocenters. The summed E-state index contributed by atoms with van der Waals surface area (Å²) in [6, 6.07) is 0. The molecule has 2 heterocycles. The molecule has 0 radical (unpaired) electrons. The third-order valence-electron chi connectivity index (χ3n) is 2.23. The van der Waals surface area contributed by atoms with E-state index in [2.05, 4.69) is 15.9 Å². The molecule has 2 aromatic rings. The van der Waals surface area contributed by atoms with Crippen LogP contribution in [0, 0.1) is 12.3 Å². The van der Waals surface area contributed by atoms with E-state index in [-0.39, 0.29) is 17.0 Å². The minimum absolute atomic E-state index is 0.239. The van der Waals surface area contributed by atoms with Crippen LogP contribution in [0.5, 0.6) is 0 Å². The van der Waals surface area contributed by atoms with Crippen LogP contribution in [0.25, 0.3) is 11.2 Å². The number of H-pyrrole nitrogens is 1. The summed E-state index contributed by atoms with van der Waals surface area (Å²) in [5.74, 6) is 2.52. The number of hydrogen-bond acceptors (Lipinski definition) is 3. The SMILES string of the molecule is C#Cc1nc2c([nH]1)c(=O)n(C)c(=O)n2C. The Bertz CT molecular complexity index is 696. The maximum atomic E-state index is 11.6. The molecule has 15 heavy (non-hydrogen) atoms. The number of aryl methyl sites for hydroxylation is 1. The second kappa shape index (κ2) is 2.85. The minimum atomic E-state index is -0.429. The van der Waals surface area contributed by atoms with E-state index in [9.17, 15) is 9.59 Å². The molecular weight excluding hydrogens is 196 g/mol. The largest absolute Gasteiger partial charge is 0.332 e. The van der Waals surface area contributed by atoms with Crippen LogP contribution in [0.3, 0.4) is 0 Å². The van der Waals surface area contributed by atoms with Gasteiger partial charge in [0, 0.05) is 14.1 Å². The van der Waals surface area contributed by atoms with Gasteiger partial charge in [-0.15, -0.1) is 6.42 Å². The Morgan fingerprint density at radius 2 is 2.00 bits per heavy atom. The zero-order valence-corrected chi connectivity index (χ0v) is 8.24. The van der Waals surface area contributed by atoms with Crippen LogP contribution in [-0.2, 0) is 14.1 Å². The average molecular weight is 204 g/mol. The van der Waals surface area contributed by atoms with E-state index in [1.165, 1.54) is 18.7 Å². The van der Waals surface area contributed by atoms with Crippen LogP contribution in [0.15, 0.2) is 9.59 Å². The molecule has 6 nitrogen and oxygen atoms in total. The number of terminal acetylenes is 1. The van der Waals surface area contributed by atoms with Gasteiger partial charge >= 0.3 is 5.69 Å². The van der Waals surface area contributed by atoms with Gasteiger partial charge in [0.2, 0.25) is 0 Å². The normalized spacial score (nSPS) is 10.5. The molecule has 6 heteroatoms. The van der Waals surface area contributed by atoms with E-state index in [4.69, 9.17) is 6.42 Å². The molecule has 2 rings (SSSR count). The Labute approximate surface area is 84.2 Å². The van der Waals surface area contributed by atoms with Crippen LogP contribution in [0.4, 0.5) is 0 Å². The zero-order chi connectivity index (χ0) is 11.2. The molecule has 0 aliphatic carbocycles. The standard InChI is InChI=1S/C9H8N4O2/c1-4-5-10-6-7(11-5)12(2)9(15)13(3)8(6)14/h1H,2-3H3,(H,10,11). The lowest BCUT2D eigenvalue weighted by Gasteiger charge is -2.00. The highest BCUT2D eigenvalue weighted by Gasteiger charge is 2.11. The van der Waals surface area contributed by atoms with Crippen molar-refractivity contribution in [3.8, 4) is 12.3 Å². The Kier molecular flexibility index (Phi) is 1.76. The second-order valence-electron chi connectivity index (χ2n) is 3.13. The first-order valence-corrected chi connectivity index (χ1v) is 4.18. The van der Waals surface area contributed by atoms with Gasteiger partial charge in [0.25, 0.3) is 5.56 Å². The highest BCUT2D eigenvalue weighted by molar-refractivity contribution is 5.70. The van der Waals surface area contributed by atoms with Crippen LogP contribution in [0.1, 0.15) is 5.82 Å². The monoisotopic (exact) mass is 204 g/mol. The number of nitrogens with zero attached hydrogens (tertiary/aromatic N) is 3. The smallest absolute Gasteiger partial charge is 0.325 e. The predicted octanol–water partition coefficient (Wildman–Crippen LogP) is -1.06. The highest BCUT2D eigenvalue weighted by Crippen LogP contribution is 2.02. The Balaban J connectivity index is 3.13. The lowest BCUT2D eigenvalue weighted by atomic mass is 10.5. The van der Waals surface area contributed by atoms with Gasteiger partial charge < -0.3 is 4.98 Å². The number of rotatable bonds is 0. The topological polar surface area (TPSA) is 72.7 Å². The molecule has 76 valence electrons. The average Bonchev–Trinajstić information content (AvgIpc) is 2.67. The minimum Gasteiger partial charge on any atom is -0.325 e. The van der Waals surface area contributed by atoms with Crippen molar-refractivity contribution in [3.63, 3.8) is 0 Å². The molecule has 0 saturated carbocycles. The second-order valence-corrected chi connectivity index (χ2v) is 3.13. The molecule has 0 bridgehead atoms. The molecule has 0 spiro atoms.